The van der Waals surface area contributed by atoms with E-state index in [4.69, 9.17) is 5.73 Å². The molecule has 0 aliphatic carbocycles. The molecule has 3 N–H and O–H groups in total. The zero-order valence-electron chi connectivity index (χ0n) is 10.3. The molecular formula is C10H21N3O3S. The maximum atomic E-state index is 11.3. The number of rotatable bonds is 5. The van der Waals surface area contributed by atoms with E-state index in [0.29, 0.717) is 19.5 Å². The largest absolute Gasteiger partial charge is 0.370 e. The Morgan fingerprint density at radius 1 is 1.47 bits per heavy atom. The normalized spacial score (nSPS) is 21.3. The summed E-state index contributed by atoms with van der Waals surface area (Å²) in [6, 6.07) is 0.310. The number of nitrogens with two attached hydrogens (primary N) is 1. The molecule has 1 heterocycles. The van der Waals surface area contributed by atoms with E-state index in [1.54, 1.807) is 0 Å². The lowest BCUT2D eigenvalue weighted by Crippen LogP contribution is -2.47. The third-order valence-corrected chi connectivity index (χ3v) is 4.25. The van der Waals surface area contributed by atoms with E-state index in [1.165, 1.54) is 10.6 Å². The number of piperidine rings is 1. The lowest BCUT2D eigenvalue weighted by atomic mass is 10.0. The van der Waals surface area contributed by atoms with E-state index in [9.17, 15) is 13.2 Å². The molecule has 100 valence electrons. The van der Waals surface area contributed by atoms with Crippen LogP contribution < -0.4 is 11.1 Å². The van der Waals surface area contributed by atoms with E-state index in [1.807, 2.05) is 6.92 Å². The zero-order valence-corrected chi connectivity index (χ0v) is 11.2. The van der Waals surface area contributed by atoms with Gasteiger partial charge in [-0.3, -0.25) is 4.79 Å². The predicted octanol–water partition coefficient (Wildman–Crippen LogP) is -0.736. The second-order valence-electron chi connectivity index (χ2n) is 4.67. The van der Waals surface area contributed by atoms with E-state index in [2.05, 4.69) is 5.32 Å². The minimum absolute atomic E-state index is 0.0438. The van der Waals surface area contributed by atoms with Gasteiger partial charge in [-0.05, 0) is 19.8 Å². The molecule has 0 saturated carbocycles. The molecule has 1 rings (SSSR count). The summed E-state index contributed by atoms with van der Waals surface area (Å²) in [5.41, 5.74) is 5.11. The molecule has 1 fully saturated rings. The molecule has 0 spiro atoms. The minimum atomic E-state index is -3.07. The van der Waals surface area contributed by atoms with Crippen molar-refractivity contribution in [2.45, 2.75) is 38.3 Å². The van der Waals surface area contributed by atoms with Crippen molar-refractivity contribution >= 4 is 15.9 Å². The molecule has 0 bridgehead atoms. The van der Waals surface area contributed by atoms with Crippen LogP contribution in [0.3, 0.4) is 0 Å². The quantitative estimate of drug-likeness (QED) is 0.683. The van der Waals surface area contributed by atoms with Crippen LogP contribution in [0.5, 0.6) is 0 Å². The number of nitrogens with zero attached hydrogens (tertiary/aromatic N) is 1. The van der Waals surface area contributed by atoms with Crippen LogP contribution in [-0.2, 0) is 14.8 Å². The SMILES string of the molecule is CC(CC(N)=O)NC1CCN(S(C)(=O)=O)CC1. The van der Waals surface area contributed by atoms with Crippen LogP contribution >= 0.6 is 0 Å². The third-order valence-electron chi connectivity index (χ3n) is 2.95. The van der Waals surface area contributed by atoms with Crippen molar-refractivity contribution in [1.82, 2.24) is 9.62 Å². The number of hydrogen-bond donors (Lipinski definition) is 2. The summed E-state index contributed by atoms with van der Waals surface area (Å²) in [7, 11) is -3.07. The van der Waals surface area contributed by atoms with Gasteiger partial charge in [0.25, 0.3) is 0 Å². The van der Waals surface area contributed by atoms with Gasteiger partial charge in [0.2, 0.25) is 15.9 Å². The molecule has 1 saturated heterocycles. The van der Waals surface area contributed by atoms with Gasteiger partial charge < -0.3 is 11.1 Å². The second-order valence-corrected chi connectivity index (χ2v) is 6.66. The maximum absolute atomic E-state index is 11.3. The molecule has 17 heavy (non-hydrogen) atoms. The molecule has 1 atom stereocenters. The summed E-state index contributed by atoms with van der Waals surface area (Å²) >= 11 is 0. The van der Waals surface area contributed by atoms with Gasteiger partial charge in [-0.1, -0.05) is 0 Å². The van der Waals surface area contributed by atoms with Crippen molar-refractivity contribution in [2.75, 3.05) is 19.3 Å². The highest BCUT2D eigenvalue weighted by atomic mass is 32.2. The number of carbonyl (C=O) groups excluding carboxylic acids is 1. The van der Waals surface area contributed by atoms with E-state index >= 15 is 0 Å². The van der Waals surface area contributed by atoms with Crippen molar-refractivity contribution in [3.8, 4) is 0 Å². The Bertz CT molecular complexity index is 361. The summed E-state index contributed by atoms with van der Waals surface area (Å²) in [6.07, 6.45) is 3.09. The van der Waals surface area contributed by atoms with Gasteiger partial charge in [0, 0.05) is 31.6 Å². The highest BCUT2D eigenvalue weighted by Gasteiger charge is 2.25. The van der Waals surface area contributed by atoms with Crippen LogP contribution in [0.1, 0.15) is 26.2 Å². The number of amides is 1. The number of nitrogens with one attached hydrogen (secondary N) is 1. The van der Waals surface area contributed by atoms with Gasteiger partial charge in [0.15, 0.2) is 0 Å². The van der Waals surface area contributed by atoms with Crippen LogP contribution in [0.25, 0.3) is 0 Å². The van der Waals surface area contributed by atoms with E-state index < -0.39 is 10.0 Å². The Labute approximate surface area is 103 Å². The Hall–Kier alpha value is -0.660. The van der Waals surface area contributed by atoms with Gasteiger partial charge in [-0.2, -0.15) is 0 Å². The summed E-state index contributed by atoms with van der Waals surface area (Å²) in [5.74, 6) is -0.321. The summed E-state index contributed by atoms with van der Waals surface area (Å²) in [6.45, 7) is 2.99. The zero-order chi connectivity index (χ0) is 13.1. The number of primary amides is 1. The second kappa shape index (κ2) is 5.79. The molecule has 1 unspecified atom stereocenters. The summed E-state index contributed by atoms with van der Waals surface area (Å²) in [5, 5.41) is 3.30. The Kier molecular flexibility index (Phi) is 4.91. The molecule has 0 aromatic heterocycles. The van der Waals surface area contributed by atoms with Gasteiger partial charge in [0.05, 0.1) is 6.26 Å². The van der Waals surface area contributed by atoms with Crippen LogP contribution in [0.2, 0.25) is 0 Å². The Morgan fingerprint density at radius 3 is 2.41 bits per heavy atom. The minimum Gasteiger partial charge on any atom is -0.370 e. The Balaban J connectivity index is 2.35. The van der Waals surface area contributed by atoms with Gasteiger partial charge >= 0.3 is 0 Å². The highest BCUT2D eigenvalue weighted by Crippen LogP contribution is 2.13. The fourth-order valence-electron chi connectivity index (χ4n) is 2.12. The first kappa shape index (κ1) is 14.4. The van der Waals surface area contributed by atoms with Crippen molar-refractivity contribution < 1.29 is 13.2 Å². The lowest BCUT2D eigenvalue weighted by molar-refractivity contribution is -0.118. The first-order valence-electron chi connectivity index (χ1n) is 5.78. The fourth-order valence-corrected chi connectivity index (χ4v) is 2.99. The van der Waals surface area contributed by atoms with Crippen molar-refractivity contribution in [3.63, 3.8) is 0 Å². The van der Waals surface area contributed by atoms with Gasteiger partial charge in [-0.25, -0.2) is 12.7 Å². The monoisotopic (exact) mass is 263 g/mol. The van der Waals surface area contributed by atoms with Gasteiger partial charge in [-0.15, -0.1) is 0 Å². The average molecular weight is 263 g/mol. The van der Waals surface area contributed by atoms with Crippen molar-refractivity contribution in [2.24, 2.45) is 5.73 Å². The third kappa shape index (κ3) is 5.01. The maximum Gasteiger partial charge on any atom is 0.218 e. The smallest absolute Gasteiger partial charge is 0.218 e. The van der Waals surface area contributed by atoms with Crippen molar-refractivity contribution in [3.05, 3.63) is 0 Å². The molecule has 1 aliphatic heterocycles. The van der Waals surface area contributed by atoms with Crippen LogP contribution in [0, 0.1) is 0 Å². The fraction of sp³-hybridized carbons (Fsp3) is 0.900. The molecule has 1 amide bonds. The number of sulfonamides is 1. The molecule has 7 heteroatoms. The number of carbonyl (C=O) groups is 1. The molecule has 1 aliphatic rings. The lowest BCUT2D eigenvalue weighted by Gasteiger charge is -2.32. The first-order valence-corrected chi connectivity index (χ1v) is 7.63. The predicted molar refractivity (Wildman–Crippen MR) is 65.8 cm³/mol. The molecule has 6 nitrogen and oxygen atoms in total. The Morgan fingerprint density at radius 2 is 2.00 bits per heavy atom. The molecular weight excluding hydrogens is 242 g/mol. The standard InChI is InChI=1S/C10H21N3O3S/c1-8(7-10(11)14)12-9-3-5-13(6-4-9)17(2,15)16/h8-9,12H,3-7H2,1-2H3,(H2,11,14). The molecule has 0 aromatic rings. The molecule has 0 aromatic carbocycles. The topological polar surface area (TPSA) is 92.5 Å². The highest BCUT2D eigenvalue weighted by molar-refractivity contribution is 7.88. The van der Waals surface area contributed by atoms with Crippen LogP contribution in [0.4, 0.5) is 0 Å². The van der Waals surface area contributed by atoms with Crippen LogP contribution in [-0.4, -0.2) is 50.1 Å². The van der Waals surface area contributed by atoms with E-state index in [0.717, 1.165) is 12.8 Å². The van der Waals surface area contributed by atoms with E-state index in [-0.39, 0.29) is 18.0 Å². The average Bonchev–Trinajstić information content (AvgIpc) is 2.15. The summed E-state index contributed by atoms with van der Waals surface area (Å²) in [4.78, 5) is 10.7. The van der Waals surface area contributed by atoms with Crippen LogP contribution in [0.15, 0.2) is 0 Å². The first-order chi connectivity index (χ1) is 7.79. The molecule has 0 radical (unpaired) electrons. The summed E-state index contributed by atoms with van der Waals surface area (Å²) < 4.78 is 24.1. The van der Waals surface area contributed by atoms with Crippen molar-refractivity contribution in [1.29, 1.82) is 0 Å². The van der Waals surface area contributed by atoms with Gasteiger partial charge in [0.1, 0.15) is 0 Å². The number of hydrogen-bond acceptors (Lipinski definition) is 4.